The first kappa shape index (κ1) is 10.8. The number of aliphatic hydroxyl groups is 1. The van der Waals surface area contributed by atoms with E-state index in [9.17, 15) is 10.2 Å². The van der Waals surface area contributed by atoms with Crippen LogP contribution < -0.4 is 0 Å². The zero-order valence-corrected chi connectivity index (χ0v) is 9.73. The highest BCUT2D eigenvalue weighted by Gasteiger charge is 2.27. The number of halogens is 1. The molecule has 82 valence electrons. The average Bonchev–Trinajstić information content (AvgIpc) is 2.57. The Morgan fingerprint density at radius 2 is 2.00 bits per heavy atom. The molecule has 1 aliphatic rings. The van der Waals surface area contributed by atoms with Gasteiger partial charge in [-0.1, -0.05) is 11.6 Å². The quantitative estimate of drug-likeness (QED) is 0.773. The van der Waals surface area contributed by atoms with E-state index in [0.29, 0.717) is 10.6 Å². The number of phenols is 1. The monoisotopic (exact) mass is 226 g/mol. The van der Waals surface area contributed by atoms with Crippen LogP contribution in [0.25, 0.3) is 0 Å². The molecule has 3 heteroatoms. The predicted octanol–water partition coefficient (Wildman–Crippen LogP) is 2.76. The molecule has 0 heterocycles. The molecule has 0 saturated carbocycles. The highest BCUT2D eigenvalue weighted by Crippen LogP contribution is 2.41. The normalized spacial score (nSPS) is 15.5. The Morgan fingerprint density at radius 1 is 1.33 bits per heavy atom. The molecule has 0 bridgehead atoms. The van der Waals surface area contributed by atoms with E-state index in [1.807, 2.05) is 6.07 Å². The Kier molecular flexibility index (Phi) is 2.44. The highest BCUT2D eigenvalue weighted by atomic mass is 35.5. The minimum absolute atomic E-state index is 0.0322. The van der Waals surface area contributed by atoms with Gasteiger partial charge in [-0.25, -0.2) is 0 Å². The Bertz CT molecular complexity index is 405. The van der Waals surface area contributed by atoms with Gasteiger partial charge in [-0.3, -0.25) is 0 Å². The molecule has 0 fully saturated rings. The molecule has 0 radical (unpaired) electrons. The van der Waals surface area contributed by atoms with Crippen molar-refractivity contribution in [2.45, 2.75) is 38.7 Å². The lowest BCUT2D eigenvalue weighted by Crippen LogP contribution is -2.16. The van der Waals surface area contributed by atoms with Crippen molar-refractivity contribution < 1.29 is 10.2 Å². The third-order valence-corrected chi connectivity index (χ3v) is 3.37. The molecule has 1 aromatic carbocycles. The van der Waals surface area contributed by atoms with Gasteiger partial charge < -0.3 is 10.2 Å². The Morgan fingerprint density at radius 3 is 2.60 bits per heavy atom. The summed E-state index contributed by atoms with van der Waals surface area (Å²) in [6, 6.07) is 1.88. The number of benzene rings is 1. The van der Waals surface area contributed by atoms with Crippen LogP contribution >= 0.6 is 11.6 Å². The van der Waals surface area contributed by atoms with Gasteiger partial charge in [0.05, 0.1) is 10.6 Å². The van der Waals surface area contributed by atoms with E-state index in [-0.39, 0.29) is 5.75 Å². The van der Waals surface area contributed by atoms with Gasteiger partial charge in [0.15, 0.2) is 0 Å². The van der Waals surface area contributed by atoms with Crippen molar-refractivity contribution in [1.82, 2.24) is 0 Å². The van der Waals surface area contributed by atoms with Crippen LogP contribution in [0.2, 0.25) is 5.02 Å². The predicted molar refractivity (Wildman–Crippen MR) is 60.4 cm³/mol. The summed E-state index contributed by atoms with van der Waals surface area (Å²) in [6.45, 7) is 3.31. The molecule has 0 aliphatic heterocycles. The molecule has 0 saturated heterocycles. The zero-order chi connectivity index (χ0) is 11.2. The van der Waals surface area contributed by atoms with Crippen LogP contribution in [0.3, 0.4) is 0 Å². The maximum Gasteiger partial charge on any atom is 0.140 e. The number of aromatic hydroxyl groups is 1. The fraction of sp³-hybridized carbons (Fsp3) is 0.500. The first-order valence-electron chi connectivity index (χ1n) is 5.17. The smallest absolute Gasteiger partial charge is 0.140 e. The van der Waals surface area contributed by atoms with Crippen molar-refractivity contribution in [3.8, 4) is 5.75 Å². The highest BCUT2D eigenvalue weighted by molar-refractivity contribution is 6.33. The van der Waals surface area contributed by atoms with Crippen molar-refractivity contribution in [2.24, 2.45) is 0 Å². The second kappa shape index (κ2) is 3.39. The first-order valence-corrected chi connectivity index (χ1v) is 5.55. The average molecular weight is 227 g/mol. The molecular weight excluding hydrogens is 212 g/mol. The number of rotatable bonds is 1. The number of aryl methyl sites for hydroxylation is 1. The number of phenolic OH excluding ortho intramolecular Hbond substituents is 1. The Balaban J connectivity index is 2.64. The van der Waals surface area contributed by atoms with E-state index < -0.39 is 5.60 Å². The topological polar surface area (TPSA) is 40.5 Å². The van der Waals surface area contributed by atoms with Crippen LogP contribution in [-0.4, -0.2) is 10.2 Å². The fourth-order valence-corrected chi connectivity index (χ4v) is 2.46. The van der Waals surface area contributed by atoms with E-state index in [2.05, 4.69) is 0 Å². The molecule has 0 amide bonds. The molecule has 2 N–H and O–H groups in total. The second-order valence-corrected chi connectivity index (χ2v) is 5.01. The van der Waals surface area contributed by atoms with Gasteiger partial charge in [0, 0.05) is 5.56 Å². The lowest BCUT2D eigenvalue weighted by molar-refractivity contribution is 0.0757. The van der Waals surface area contributed by atoms with E-state index in [4.69, 9.17) is 11.6 Å². The summed E-state index contributed by atoms with van der Waals surface area (Å²) in [6.07, 6.45) is 2.98. The van der Waals surface area contributed by atoms with Gasteiger partial charge in [-0.2, -0.15) is 0 Å². The summed E-state index contributed by atoms with van der Waals surface area (Å²) in [5.74, 6) is 0.0322. The minimum atomic E-state index is -1.05. The summed E-state index contributed by atoms with van der Waals surface area (Å²) in [7, 11) is 0. The van der Waals surface area contributed by atoms with E-state index in [1.54, 1.807) is 13.8 Å². The molecule has 0 atom stereocenters. The Labute approximate surface area is 94.5 Å². The summed E-state index contributed by atoms with van der Waals surface area (Å²) in [5, 5.41) is 20.2. The first-order chi connectivity index (χ1) is 6.91. The summed E-state index contributed by atoms with van der Waals surface area (Å²) < 4.78 is 0. The van der Waals surface area contributed by atoms with Crippen molar-refractivity contribution in [1.29, 1.82) is 0 Å². The van der Waals surface area contributed by atoms with E-state index in [1.165, 1.54) is 0 Å². The van der Waals surface area contributed by atoms with Gasteiger partial charge in [0.2, 0.25) is 0 Å². The van der Waals surface area contributed by atoms with Crippen LogP contribution in [-0.2, 0) is 18.4 Å². The third-order valence-electron chi connectivity index (χ3n) is 2.97. The van der Waals surface area contributed by atoms with Crippen molar-refractivity contribution in [2.75, 3.05) is 0 Å². The summed E-state index contributed by atoms with van der Waals surface area (Å²) in [5.41, 5.74) is 1.68. The van der Waals surface area contributed by atoms with Crippen LogP contribution in [0.15, 0.2) is 6.07 Å². The number of hydrogen-bond donors (Lipinski definition) is 2. The fourth-order valence-electron chi connectivity index (χ4n) is 2.15. The van der Waals surface area contributed by atoms with Gasteiger partial charge in [-0.05, 0) is 50.3 Å². The van der Waals surface area contributed by atoms with Crippen LogP contribution in [0.5, 0.6) is 5.75 Å². The Hall–Kier alpha value is -0.730. The molecule has 0 unspecified atom stereocenters. The summed E-state index contributed by atoms with van der Waals surface area (Å²) >= 11 is 6.09. The molecular formula is C12H15ClO2. The maximum absolute atomic E-state index is 9.91. The van der Waals surface area contributed by atoms with Gasteiger partial charge in [-0.15, -0.1) is 0 Å². The standard InChI is InChI=1S/C12H15ClO2/c1-12(2,15)9-6-7-4-3-5-8(7)10(13)11(9)14/h6,14-15H,3-5H2,1-2H3. The lowest BCUT2D eigenvalue weighted by Gasteiger charge is -2.21. The van der Waals surface area contributed by atoms with Gasteiger partial charge in [0.1, 0.15) is 5.75 Å². The molecule has 15 heavy (non-hydrogen) atoms. The molecule has 0 spiro atoms. The molecule has 2 rings (SSSR count). The van der Waals surface area contributed by atoms with Gasteiger partial charge in [0.25, 0.3) is 0 Å². The molecule has 1 aromatic rings. The number of fused-ring (bicyclic) bond motifs is 1. The van der Waals surface area contributed by atoms with E-state index >= 15 is 0 Å². The van der Waals surface area contributed by atoms with Gasteiger partial charge >= 0.3 is 0 Å². The van der Waals surface area contributed by atoms with Crippen LogP contribution in [0.4, 0.5) is 0 Å². The van der Waals surface area contributed by atoms with Crippen molar-refractivity contribution in [3.05, 3.63) is 27.8 Å². The maximum atomic E-state index is 9.91. The SMILES string of the molecule is CC(C)(O)c1cc2c(c(Cl)c1O)CCC2. The second-order valence-electron chi connectivity index (χ2n) is 4.64. The third kappa shape index (κ3) is 1.72. The minimum Gasteiger partial charge on any atom is -0.506 e. The zero-order valence-electron chi connectivity index (χ0n) is 8.97. The largest absolute Gasteiger partial charge is 0.506 e. The van der Waals surface area contributed by atoms with Crippen LogP contribution in [0.1, 0.15) is 37.0 Å². The lowest BCUT2D eigenvalue weighted by atomic mass is 9.93. The molecule has 1 aliphatic carbocycles. The number of hydrogen-bond acceptors (Lipinski definition) is 2. The van der Waals surface area contributed by atoms with Crippen molar-refractivity contribution >= 4 is 11.6 Å². The summed E-state index contributed by atoms with van der Waals surface area (Å²) in [4.78, 5) is 0. The van der Waals surface area contributed by atoms with Crippen LogP contribution in [0, 0.1) is 0 Å². The molecule has 2 nitrogen and oxygen atoms in total. The van der Waals surface area contributed by atoms with Crippen molar-refractivity contribution in [3.63, 3.8) is 0 Å². The van der Waals surface area contributed by atoms with E-state index in [0.717, 1.165) is 30.4 Å². The molecule has 0 aromatic heterocycles.